The minimum absolute atomic E-state index is 0.00211. The summed E-state index contributed by atoms with van der Waals surface area (Å²) in [6.45, 7) is 0.902. The zero-order chi connectivity index (χ0) is 21.5. The third-order valence-electron chi connectivity index (χ3n) is 5.73. The van der Waals surface area contributed by atoms with Gasteiger partial charge in [0.05, 0.1) is 36.8 Å². The van der Waals surface area contributed by atoms with Crippen LogP contribution in [0.1, 0.15) is 40.0 Å². The molecule has 0 N–H and O–H groups in total. The molecule has 6 nitrogen and oxygen atoms in total. The van der Waals surface area contributed by atoms with E-state index in [4.69, 9.17) is 37.4 Å². The number of benzene rings is 2. The van der Waals surface area contributed by atoms with E-state index in [1.165, 1.54) is 14.2 Å². The summed E-state index contributed by atoms with van der Waals surface area (Å²) in [5, 5.41) is 0.800. The lowest BCUT2D eigenvalue weighted by molar-refractivity contribution is -0.00745. The Morgan fingerprint density at radius 2 is 1.83 bits per heavy atom. The maximum atomic E-state index is 12.9. The van der Waals surface area contributed by atoms with Crippen LogP contribution >= 0.6 is 23.2 Å². The average Bonchev–Trinajstić information content (AvgIpc) is 2.73. The topological polar surface area (TPSA) is 65.1 Å². The molecule has 30 heavy (non-hydrogen) atoms. The second-order valence-electron chi connectivity index (χ2n) is 7.48. The summed E-state index contributed by atoms with van der Waals surface area (Å²) in [7, 11) is 3.06. The maximum Gasteiger partial charge on any atom is 0.255 e. The fraction of sp³-hybridized carbons (Fsp3) is 0.364. The van der Waals surface area contributed by atoms with E-state index in [0.717, 1.165) is 0 Å². The number of Topliss-reactive ketones (excluding diaryl/α,β-unsaturated/α-hetero) is 1. The largest absolute Gasteiger partial charge is 0.493 e. The van der Waals surface area contributed by atoms with E-state index >= 15 is 0 Å². The molecule has 1 spiro atoms. The Morgan fingerprint density at radius 3 is 2.47 bits per heavy atom. The van der Waals surface area contributed by atoms with Crippen LogP contribution in [0.25, 0.3) is 0 Å². The van der Waals surface area contributed by atoms with Crippen LogP contribution < -0.4 is 14.2 Å². The maximum absolute atomic E-state index is 12.9. The first-order chi connectivity index (χ1) is 14.4. The molecule has 2 heterocycles. The number of methoxy groups -OCH3 is 2. The first-order valence-electron chi connectivity index (χ1n) is 9.59. The summed E-state index contributed by atoms with van der Waals surface area (Å²) in [4.78, 5) is 27.5. The third kappa shape index (κ3) is 3.59. The quantitative estimate of drug-likeness (QED) is 0.681. The van der Waals surface area contributed by atoms with Crippen molar-refractivity contribution >= 4 is 34.9 Å². The number of piperidine rings is 1. The predicted octanol–water partition coefficient (Wildman–Crippen LogP) is 4.65. The van der Waals surface area contributed by atoms with Gasteiger partial charge < -0.3 is 19.1 Å². The molecule has 158 valence electrons. The first-order valence-corrected chi connectivity index (χ1v) is 10.3. The molecule has 2 aliphatic rings. The summed E-state index contributed by atoms with van der Waals surface area (Å²) < 4.78 is 17.2. The minimum Gasteiger partial charge on any atom is -0.493 e. The van der Waals surface area contributed by atoms with Crippen LogP contribution in [0.5, 0.6) is 17.2 Å². The molecule has 0 bridgehead atoms. The SMILES string of the molecule is COc1ccc2c(c1OC)OC1(CCN(C(=O)c3ccc(Cl)cc3Cl)CC1)CC2=O. The van der Waals surface area contributed by atoms with Crippen molar-refractivity contribution in [1.29, 1.82) is 0 Å². The Labute approximate surface area is 184 Å². The highest BCUT2D eigenvalue weighted by atomic mass is 35.5. The van der Waals surface area contributed by atoms with Gasteiger partial charge in [-0.25, -0.2) is 0 Å². The van der Waals surface area contributed by atoms with E-state index in [1.54, 1.807) is 35.2 Å². The molecule has 0 unspecified atom stereocenters. The highest BCUT2D eigenvalue weighted by Gasteiger charge is 2.45. The lowest BCUT2D eigenvalue weighted by Crippen LogP contribution is -2.52. The zero-order valence-corrected chi connectivity index (χ0v) is 18.2. The number of carbonyl (C=O) groups excluding carboxylic acids is 2. The molecule has 0 aliphatic carbocycles. The number of fused-ring (bicyclic) bond motifs is 1. The van der Waals surface area contributed by atoms with Crippen molar-refractivity contribution in [3.05, 3.63) is 51.5 Å². The Balaban J connectivity index is 1.55. The van der Waals surface area contributed by atoms with Gasteiger partial charge in [0, 0.05) is 31.0 Å². The Bertz CT molecular complexity index is 1010. The number of carbonyl (C=O) groups is 2. The summed E-state index contributed by atoms with van der Waals surface area (Å²) >= 11 is 12.1. The normalized spacial score (nSPS) is 17.3. The van der Waals surface area contributed by atoms with Crippen molar-refractivity contribution in [3.8, 4) is 17.2 Å². The number of amides is 1. The zero-order valence-electron chi connectivity index (χ0n) is 16.7. The predicted molar refractivity (Wildman–Crippen MR) is 113 cm³/mol. The molecule has 2 aliphatic heterocycles. The number of likely N-dealkylation sites (tertiary alicyclic amines) is 1. The second kappa shape index (κ2) is 8.00. The van der Waals surface area contributed by atoms with Crippen molar-refractivity contribution in [2.45, 2.75) is 24.9 Å². The van der Waals surface area contributed by atoms with Gasteiger partial charge in [-0.15, -0.1) is 0 Å². The van der Waals surface area contributed by atoms with E-state index < -0.39 is 5.60 Å². The molecular formula is C22H21Cl2NO5. The number of hydrogen-bond acceptors (Lipinski definition) is 5. The fourth-order valence-electron chi connectivity index (χ4n) is 4.09. The third-order valence-corrected chi connectivity index (χ3v) is 6.27. The standard InChI is InChI=1S/C22H21Cl2NO5/c1-28-18-6-5-15-17(26)12-22(30-19(15)20(18)29-2)7-9-25(10-8-22)21(27)14-4-3-13(23)11-16(14)24/h3-6,11H,7-10,12H2,1-2H3. The number of nitrogens with zero attached hydrogens (tertiary/aromatic N) is 1. The summed E-state index contributed by atoms with van der Waals surface area (Å²) in [6.07, 6.45) is 1.31. The smallest absolute Gasteiger partial charge is 0.255 e. The highest BCUT2D eigenvalue weighted by Crippen LogP contribution is 2.47. The van der Waals surface area contributed by atoms with E-state index in [0.29, 0.717) is 64.4 Å². The summed E-state index contributed by atoms with van der Waals surface area (Å²) in [5.41, 5.74) is 0.226. The van der Waals surface area contributed by atoms with Gasteiger partial charge in [-0.3, -0.25) is 9.59 Å². The van der Waals surface area contributed by atoms with Gasteiger partial charge in [0.1, 0.15) is 5.60 Å². The molecule has 0 aromatic heterocycles. The Morgan fingerprint density at radius 1 is 1.10 bits per heavy atom. The number of halogens is 2. The van der Waals surface area contributed by atoms with Crippen LogP contribution in [-0.2, 0) is 0 Å². The van der Waals surface area contributed by atoms with Crippen LogP contribution in [0.2, 0.25) is 10.0 Å². The van der Waals surface area contributed by atoms with Crippen LogP contribution in [0, 0.1) is 0 Å². The molecule has 2 aromatic carbocycles. The molecule has 1 fully saturated rings. The molecule has 4 rings (SSSR count). The second-order valence-corrected chi connectivity index (χ2v) is 8.32. The molecule has 0 atom stereocenters. The first kappa shape index (κ1) is 20.8. The number of hydrogen-bond donors (Lipinski definition) is 0. The fourth-order valence-corrected chi connectivity index (χ4v) is 4.58. The summed E-state index contributed by atoms with van der Waals surface area (Å²) in [5.74, 6) is 1.17. The van der Waals surface area contributed by atoms with Gasteiger partial charge in [0.15, 0.2) is 17.3 Å². The van der Waals surface area contributed by atoms with Gasteiger partial charge >= 0.3 is 0 Å². The summed E-state index contributed by atoms with van der Waals surface area (Å²) in [6, 6.07) is 8.24. The highest BCUT2D eigenvalue weighted by molar-refractivity contribution is 6.36. The molecule has 1 amide bonds. The van der Waals surface area contributed by atoms with Gasteiger partial charge in [-0.05, 0) is 30.3 Å². The van der Waals surface area contributed by atoms with Crippen LogP contribution in [0.15, 0.2) is 30.3 Å². The van der Waals surface area contributed by atoms with E-state index in [-0.39, 0.29) is 18.1 Å². The lowest BCUT2D eigenvalue weighted by Gasteiger charge is -2.44. The van der Waals surface area contributed by atoms with Crippen LogP contribution in [0.4, 0.5) is 0 Å². The van der Waals surface area contributed by atoms with Crippen molar-refractivity contribution in [3.63, 3.8) is 0 Å². The Kier molecular flexibility index (Phi) is 5.55. The van der Waals surface area contributed by atoms with E-state index in [9.17, 15) is 9.59 Å². The number of ketones is 1. The van der Waals surface area contributed by atoms with Gasteiger partial charge in [0.2, 0.25) is 5.75 Å². The average molecular weight is 450 g/mol. The van der Waals surface area contributed by atoms with E-state index in [1.807, 2.05) is 0 Å². The molecule has 1 saturated heterocycles. The van der Waals surface area contributed by atoms with Crippen molar-refractivity contribution in [2.75, 3.05) is 27.3 Å². The molecule has 0 radical (unpaired) electrons. The van der Waals surface area contributed by atoms with Gasteiger partial charge in [-0.2, -0.15) is 0 Å². The van der Waals surface area contributed by atoms with Crippen molar-refractivity contribution in [1.82, 2.24) is 4.90 Å². The lowest BCUT2D eigenvalue weighted by atomic mass is 9.82. The van der Waals surface area contributed by atoms with Crippen molar-refractivity contribution in [2.24, 2.45) is 0 Å². The Hall–Kier alpha value is -2.44. The molecule has 8 heteroatoms. The van der Waals surface area contributed by atoms with E-state index in [2.05, 4.69) is 0 Å². The van der Waals surface area contributed by atoms with Crippen LogP contribution in [0.3, 0.4) is 0 Å². The van der Waals surface area contributed by atoms with Gasteiger partial charge in [0.25, 0.3) is 5.91 Å². The minimum atomic E-state index is -0.676. The molecule has 2 aromatic rings. The number of ether oxygens (including phenoxy) is 3. The number of rotatable bonds is 3. The van der Waals surface area contributed by atoms with Gasteiger partial charge in [-0.1, -0.05) is 23.2 Å². The van der Waals surface area contributed by atoms with Crippen molar-refractivity contribution < 1.29 is 23.8 Å². The monoisotopic (exact) mass is 449 g/mol. The molecule has 0 saturated carbocycles. The van der Waals surface area contributed by atoms with Crippen LogP contribution in [-0.4, -0.2) is 49.5 Å². The molecular weight excluding hydrogens is 429 g/mol.